The number of nitrogens with one attached hydrogen (secondary N) is 1. The van der Waals surface area contributed by atoms with Gasteiger partial charge in [-0.3, -0.25) is 11.3 Å². The molecule has 1 aliphatic rings. The van der Waals surface area contributed by atoms with Crippen molar-refractivity contribution in [3.63, 3.8) is 0 Å². The SMILES string of the molecule is CCCCCCC(NN)C1(OCC)CCC(C)CC1. The Morgan fingerprint density at radius 3 is 2.42 bits per heavy atom. The van der Waals surface area contributed by atoms with Gasteiger partial charge in [0.25, 0.3) is 0 Å². The highest BCUT2D eigenvalue weighted by atomic mass is 16.5. The topological polar surface area (TPSA) is 47.3 Å². The summed E-state index contributed by atoms with van der Waals surface area (Å²) < 4.78 is 6.19. The molecule has 0 heterocycles. The molecule has 1 atom stereocenters. The summed E-state index contributed by atoms with van der Waals surface area (Å²) in [6, 6.07) is 0.316. The Hall–Kier alpha value is -0.120. The largest absolute Gasteiger partial charge is 0.374 e. The van der Waals surface area contributed by atoms with Gasteiger partial charge in [0.05, 0.1) is 11.6 Å². The van der Waals surface area contributed by atoms with Gasteiger partial charge in [0, 0.05) is 6.61 Å². The maximum atomic E-state index is 6.19. The van der Waals surface area contributed by atoms with Crippen LogP contribution in [0.2, 0.25) is 0 Å². The lowest BCUT2D eigenvalue weighted by molar-refractivity contribution is -0.0982. The molecule has 1 fully saturated rings. The highest BCUT2D eigenvalue weighted by molar-refractivity contribution is 4.95. The van der Waals surface area contributed by atoms with E-state index in [0.29, 0.717) is 6.04 Å². The van der Waals surface area contributed by atoms with Crippen molar-refractivity contribution in [1.82, 2.24) is 5.43 Å². The van der Waals surface area contributed by atoms with E-state index in [1.54, 1.807) is 0 Å². The first-order valence-corrected chi connectivity index (χ1v) is 8.28. The molecule has 1 unspecified atom stereocenters. The molecule has 0 saturated heterocycles. The van der Waals surface area contributed by atoms with Crippen LogP contribution in [0.4, 0.5) is 0 Å². The fraction of sp³-hybridized carbons (Fsp3) is 1.00. The molecule has 19 heavy (non-hydrogen) atoms. The number of rotatable bonds is 9. The Labute approximate surface area is 119 Å². The summed E-state index contributed by atoms with van der Waals surface area (Å²) in [7, 11) is 0. The van der Waals surface area contributed by atoms with Gasteiger partial charge in [-0.05, 0) is 44.9 Å². The van der Waals surface area contributed by atoms with Crippen LogP contribution in [0, 0.1) is 5.92 Å². The van der Waals surface area contributed by atoms with Crippen molar-refractivity contribution in [3.05, 3.63) is 0 Å². The number of hydrazine groups is 1. The summed E-state index contributed by atoms with van der Waals surface area (Å²) >= 11 is 0. The van der Waals surface area contributed by atoms with E-state index in [1.165, 1.54) is 38.5 Å². The van der Waals surface area contributed by atoms with Crippen molar-refractivity contribution in [2.75, 3.05) is 6.61 Å². The molecular weight excluding hydrogens is 236 g/mol. The van der Waals surface area contributed by atoms with E-state index in [2.05, 4.69) is 26.2 Å². The molecule has 0 spiro atoms. The second-order valence-corrected chi connectivity index (χ2v) is 6.25. The second kappa shape index (κ2) is 8.93. The Bertz CT molecular complexity index is 225. The average molecular weight is 270 g/mol. The van der Waals surface area contributed by atoms with Gasteiger partial charge in [-0.15, -0.1) is 0 Å². The van der Waals surface area contributed by atoms with Gasteiger partial charge < -0.3 is 4.74 Å². The quantitative estimate of drug-likeness (QED) is 0.381. The van der Waals surface area contributed by atoms with Crippen LogP contribution in [0.3, 0.4) is 0 Å². The van der Waals surface area contributed by atoms with Crippen molar-refractivity contribution in [2.24, 2.45) is 11.8 Å². The van der Waals surface area contributed by atoms with E-state index < -0.39 is 0 Å². The first-order chi connectivity index (χ1) is 9.18. The zero-order chi connectivity index (χ0) is 14.1. The Balaban J connectivity index is 2.55. The molecule has 0 amide bonds. The molecule has 3 nitrogen and oxygen atoms in total. The van der Waals surface area contributed by atoms with Crippen LogP contribution in [0.15, 0.2) is 0 Å². The molecule has 1 aliphatic carbocycles. The standard InChI is InChI=1S/C16H34N2O/c1-4-6-7-8-9-15(18-17)16(19-5-2)12-10-14(3)11-13-16/h14-15,18H,4-13,17H2,1-3H3. The fourth-order valence-corrected chi connectivity index (χ4v) is 3.41. The molecule has 0 aromatic rings. The predicted molar refractivity (Wildman–Crippen MR) is 81.9 cm³/mol. The summed E-state index contributed by atoms with van der Waals surface area (Å²) in [6.07, 6.45) is 11.2. The van der Waals surface area contributed by atoms with Gasteiger partial charge in [0.15, 0.2) is 0 Å². The normalized spacial score (nSPS) is 29.4. The van der Waals surface area contributed by atoms with Crippen LogP contribution < -0.4 is 11.3 Å². The number of hydrogen-bond acceptors (Lipinski definition) is 3. The first-order valence-electron chi connectivity index (χ1n) is 8.28. The van der Waals surface area contributed by atoms with E-state index >= 15 is 0 Å². The van der Waals surface area contributed by atoms with Gasteiger partial charge in [-0.25, -0.2) is 0 Å². The number of nitrogens with two attached hydrogens (primary N) is 1. The Morgan fingerprint density at radius 1 is 1.21 bits per heavy atom. The molecule has 1 rings (SSSR count). The van der Waals surface area contributed by atoms with E-state index in [1.807, 2.05) is 0 Å². The van der Waals surface area contributed by atoms with E-state index in [-0.39, 0.29) is 5.60 Å². The molecule has 0 radical (unpaired) electrons. The van der Waals surface area contributed by atoms with E-state index in [4.69, 9.17) is 10.6 Å². The van der Waals surface area contributed by atoms with Crippen LogP contribution in [0.25, 0.3) is 0 Å². The van der Waals surface area contributed by atoms with Gasteiger partial charge >= 0.3 is 0 Å². The van der Waals surface area contributed by atoms with Gasteiger partial charge in [-0.2, -0.15) is 0 Å². The van der Waals surface area contributed by atoms with Crippen molar-refractivity contribution in [1.29, 1.82) is 0 Å². The second-order valence-electron chi connectivity index (χ2n) is 6.25. The maximum Gasteiger partial charge on any atom is 0.0848 e. The molecule has 114 valence electrons. The van der Waals surface area contributed by atoms with Gasteiger partial charge in [0.1, 0.15) is 0 Å². The monoisotopic (exact) mass is 270 g/mol. The summed E-state index contributed by atoms with van der Waals surface area (Å²) in [4.78, 5) is 0. The lowest BCUT2D eigenvalue weighted by Gasteiger charge is -2.44. The maximum absolute atomic E-state index is 6.19. The molecule has 3 heteroatoms. The molecular formula is C16H34N2O. The van der Waals surface area contributed by atoms with Crippen molar-refractivity contribution in [3.8, 4) is 0 Å². The average Bonchev–Trinajstić information content (AvgIpc) is 2.42. The molecule has 0 aromatic carbocycles. The summed E-state index contributed by atoms with van der Waals surface area (Å²) in [5.74, 6) is 6.68. The molecule has 0 aromatic heterocycles. The zero-order valence-corrected chi connectivity index (χ0v) is 13.2. The van der Waals surface area contributed by atoms with Crippen molar-refractivity contribution in [2.45, 2.75) is 90.2 Å². The number of hydrogen-bond donors (Lipinski definition) is 2. The fourth-order valence-electron chi connectivity index (χ4n) is 3.41. The smallest absolute Gasteiger partial charge is 0.0848 e. The third kappa shape index (κ3) is 5.05. The lowest BCUT2D eigenvalue weighted by Crippen LogP contribution is -2.56. The highest BCUT2D eigenvalue weighted by Gasteiger charge is 2.41. The number of ether oxygens (including phenoxy) is 1. The van der Waals surface area contributed by atoms with Crippen molar-refractivity contribution < 1.29 is 4.74 Å². The zero-order valence-electron chi connectivity index (χ0n) is 13.2. The minimum atomic E-state index is -0.0117. The molecule has 0 aliphatic heterocycles. The van der Waals surface area contributed by atoms with E-state index in [9.17, 15) is 0 Å². The summed E-state index contributed by atoms with van der Waals surface area (Å²) in [6.45, 7) is 7.50. The first kappa shape index (κ1) is 16.9. The van der Waals surface area contributed by atoms with Crippen LogP contribution in [0.1, 0.15) is 78.6 Å². The van der Waals surface area contributed by atoms with Crippen molar-refractivity contribution >= 4 is 0 Å². The van der Waals surface area contributed by atoms with Gasteiger partial charge in [0.2, 0.25) is 0 Å². The minimum absolute atomic E-state index is 0.0117. The van der Waals surface area contributed by atoms with Crippen LogP contribution >= 0.6 is 0 Å². The minimum Gasteiger partial charge on any atom is -0.374 e. The Kier molecular flexibility index (Phi) is 7.96. The van der Waals surface area contributed by atoms with Crippen LogP contribution in [0.5, 0.6) is 0 Å². The van der Waals surface area contributed by atoms with Gasteiger partial charge in [-0.1, -0.05) is 39.5 Å². The van der Waals surface area contributed by atoms with E-state index in [0.717, 1.165) is 31.8 Å². The van der Waals surface area contributed by atoms with Crippen LogP contribution in [-0.4, -0.2) is 18.2 Å². The molecule has 0 bridgehead atoms. The third-order valence-corrected chi connectivity index (χ3v) is 4.74. The van der Waals surface area contributed by atoms with Crippen LogP contribution in [-0.2, 0) is 4.74 Å². The third-order valence-electron chi connectivity index (χ3n) is 4.74. The summed E-state index contributed by atoms with van der Waals surface area (Å²) in [5, 5.41) is 0. The highest BCUT2D eigenvalue weighted by Crippen LogP contribution is 2.38. The number of unbranched alkanes of at least 4 members (excludes halogenated alkanes) is 3. The molecule has 1 saturated carbocycles. The predicted octanol–water partition coefficient (Wildman–Crippen LogP) is 3.77. The Morgan fingerprint density at radius 2 is 1.89 bits per heavy atom. The summed E-state index contributed by atoms with van der Waals surface area (Å²) in [5.41, 5.74) is 3.05. The lowest BCUT2D eigenvalue weighted by atomic mass is 9.74. The molecule has 3 N–H and O–H groups in total.